The summed E-state index contributed by atoms with van der Waals surface area (Å²) in [5.74, 6) is 2.35. The van der Waals surface area contributed by atoms with Crippen LogP contribution in [0.5, 0.6) is 5.75 Å². The van der Waals surface area contributed by atoms with Gasteiger partial charge in [0, 0.05) is 17.0 Å². The van der Waals surface area contributed by atoms with E-state index in [4.69, 9.17) is 4.74 Å². The van der Waals surface area contributed by atoms with Gasteiger partial charge in [0.25, 0.3) is 0 Å². The van der Waals surface area contributed by atoms with Gasteiger partial charge in [-0.2, -0.15) is 5.26 Å². The molecule has 4 rings (SSSR count). The van der Waals surface area contributed by atoms with E-state index in [0.717, 1.165) is 61.2 Å². The van der Waals surface area contributed by atoms with Crippen LogP contribution in [0.15, 0.2) is 29.4 Å². The van der Waals surface area contributed by atoms with Crippen LogP contribution in [0.4, 0.5) is 5.00 Å². The van der Waals surface area contributed by atoms with Crippen LogP contribution in [-0.4, -0.2) is 33.0 Å². The lowest BCUT2D eigenvalue weighted by Crippen LogP contribution is -2.15. The summed E-state index contributed by atoms with van der Waals surface area (Å²) in [6, 6.07) is 10.2. The number of amides is 1. The predicted octanol–water partition coefficient (Wildman–Crippen LogP) is 6.32. The molecule has 0 saturated heterocycles. The quantitative estimate of drug-likeness (QED) is 0.233. The fraction of sp³-hybridized carbons (Fsp3) is 0.481. The van der Waals surface area contributed by atoms with Gasteiger partial charge < -0.3 is 14.6 Å². The number of hydrogen-bond acceptors (Lipinski definition) is 7. The second kappa shape index (κ2) is 12.4. The SMILES string of the molecule is CCCCOc1ccc(-c2nnc(SCC(=O)Nc3sc4c(c3C#N)CCC(CC)C4)n2CC)cc1. The van der Waals surface area contributed by atoms with Crippen LogP contribution in [-0.2, 0) is 24.2 Å². The second-order valence-corrected chi connectivity index (χ2v) is 11.0. The van der Waals surface area contributed by atoms with Gasteiger partial charge in [-0.3, -0.25) is 4.79 Å². The highest BCUT2D eigenvalue weighted by molar-refractivity contribution is 7.99. The van der Waals surface area contributed by atoms with Crippen molar-refractivity contribution < 1.29 is 9.53 Å². The first kappa shape index (κ1) is 26.2. The summed E-state index contributed by atoms with van der Waals surface area (Å²) >= 11 is 2.92. The lowest BCUT2D eigenvalue weighted by Gasteiger charge is -2.20. The van der Waals surface area contributed by atoms with Crippen molar-refractivity contribution in [1.82, 2.24) is 14.8 Å². The second-order valence-electron chi connectivity index (χ2n) is 8.95. The van der Waals surface area contributed by atoms with E-state index in [2.05, 4.69) is 35.4 Å². The maximum Gasteiger partial charge on any atom is 0.235 e. The molecule has 0 bridgehead atoms. The van der Waals surface area contributed by atoms with Crippen molar-refractivity contribution in [3.63, 3.8) is 0 Å². The summed E-state index contributed by atoms with van der Waals surface area (Å²) < 4.78 is 7.77. The standard InChI is InChI=1S/C27H33N5O2S2/c1-4-7-14-34-20-11-9-19(10-12-20)25-30-31-27(32(25)6-3)35-17-24(33)29-26-22(16-28)21-13-8-18(5-2)15-23(21)36-26/h9-12,18H,4-8,13-15,17H2,1-3H3,(H,29,33). The van der Waals surface area contributed by atoms with Gasteiger partial charge in [-0.15, -0.1) is 21.5 Å². The molecule has 2 heterocycles. The highest BCUT2D eigenvalue weighted by atomic mass is 32.2. The van der Waals surface area contributed by atoms with E-state index in [1.807, 2.05) is 35.8 Å². The molecule has 36 heavy (non-hydrogen) atoms. The number of aromatic nitrogens is 3. The van der Waals surface area contributed by atoms with Gasteiger partial charge in [0.1, 0.15) is 16.8 Å². The van der Waals surface area contributed by atoms with Crippen molar-refractivity contribution in [2.45, 2.75) is 71.0 Å². The third-order valence-corrected chi connectivity index (χ3v) is 8.69. The molecule has 1 aromatic carbocycles. The lowest BCUT2D eigenvalue weighted by molar-refractivity contribution is -0.113. The number of nitrogens with zero attached hydrogens (tertiary/aromatic N) is 4. The fourth-order valence-corrected chi connectivity index (χ4v) is 6.56. The highest BCUT2D eigenvalue weighted by Gasteiger charge is 2.26. The third-order valence-electron chi connectivity index (χ3n) is 6.55. The maximum absolute atomic E-state index is 12.8. The molecule has 0 radical (unpaired) electrons. The number of carbonyl (C=O) groups is 1. The number of thiophene rings is 1. The first-order valence-corrected chi connectivity index (χ1v) is 14.5. The first-order chi connectivity index (χ1) is 17.6. The maximum atomic E-state index is 12.8. The largest absolute Gasteiger partial charge is 0.494 e. The number of nitrogens with one attached hydrogen (secondary N) is 1. The van der Waals surface area contributed by atoms with Gasteiger partial charge in [0.15, 0.2) is 11.0 Å². The molecule has 1 N–H and O–H groups in total. The molecule has 9 heteroatoms. The van der Waals surface area contributed by atoms with Gasteiger partial charge in [0.2, 0.25) is 5.91 Å². The van der Waals surface area contributed by atoms with Crippen LogP contribution in [0.25, 0.3) is 11.4 Å². The predicted molar refractivity (Wildman–Crippen MR) is 146 cm³/mol. The minimum absolute atomic E-state index is 0.136. The van der Waals surface area contributed by atoms with Crippen LogP contribution in [0, 0.1) is 17.2 Å². The number of rotatable bonds is 11. The monoisotopic (exact) mass is 523 g/mol. The number of anilines is 1. The van der Waals surface area contributed by atoms with Gasteiger partial charge >= 0.3 is 0 Å². The topological polar surface area (TPSA) is 92.8 Å². The Morgan fingerprint density at radius 2 is 2.08 bits per heavy atom. The average molecular weight is 524 g/mol. The molecule has 1 aliphatic carbocycles. The summed E-state index contributed by atoms with van der Waals surface area (Å²) in [6.45, 7) is 7.80. The number of benzene rings is 1. The van der Waals surface area contributed by atoms with Crippen molar-refractivity contribution in [1.29, 1.82) is 5.26 Å². The summed E-state index contributed by atoms with van der Waals surface area (Å²) in [5, 5.41) is 22.8. The minimum atomic E-state index is -0.136. The minimum Gasteiger partial charge on any atom is -0.494 e. The van der Waals surface area contributed by atoms with Gasteiger partial charge in [-0.25, -0.2) is 0 Å². The Morgan fingerprint density at radius 3 is 2.78 bits per heavy atom. The molecule has 1 aliphatic rings. The molecule has 7 nitrogen and oxygen atoms in total. The molecule has 0 fully saturated rings. The Kier molecular flexibility index (Phi) is 9.05. The average Bonchev–Trinajstić information content (AvgIpc) is 3.47. The van der Waals surface area contributed by atoms with Crippen LogP contribution < -0.4 is 10.1 Å². The molecule has 0 spiro atoms. The summed E-state index contributed by atoms with van der Waals surface area (Å²) in [6.07, 6.45) is 6.32. The smallest absolute Gasteiger partial charge is 0.235 e. The molecule has 190 valence electrons. The number of nitriles is 1. The lowest BCUT2D eigenvalue weighted by atomic mass is 9.86. The normalized spacial score (nSPS) is 14.8. The van der Waals surface area contributed by atoms with E-state index in [-0.39, 0.29) is 11.7 Å². The number of unbranched alkanes of at least 4 members (excludes halogenated alkanes) is 1. The molecule has 2 aromatic heterocycles. The zero-order chi connectivity index (χ0) is 25.5. The molecule has 0 saturated carbocycles. The molecule has 1 amide bonds. The molecule has 1 unspecified atom stereocenters. The van der Waals surface area contributed by atoms with E-state index in [1.165, 1.54) is 16.6 Å². The first-order valence-electron chi connectivity index (χ1n) is 12.7. The zero-order valence-electron chi connectivity index (χ0n) is 21.2. The summed E-state index contributed by atoms with van der Waals surface area (Å²) in [4.78, 5) is 14.1. The third kappa shape index (κ3) is 5.93. The van der Waals surface area contributed by atoms with E-state index in [9.17, 15) is 10.1 Å². The number of carbonyl (C=O) groups excluding carboxylic acids is 1. The van der Waals surface area contributed by atoms with Crippen LogP contribution in [0.3, 0.4) is 0 Å². The van der Waals surface area contributed by atoms with E-state index in [0.29, 0.717) is 34.8 Å². The molecule has 0 aliphatic heterocycles. The van der Waals surface area contributed by atoms with Gasteiger partial charge in [-0.1, -0.05) is 38.5 Å². The molecular weight excluding hydrogens is 490 g/mol. The van der Waals surface area contributed by atoms with Crippen LogP contribution >= 0.6 is 23.1 Å². The van der Waals surface area contributed by atoms with Crippen molar-refractivity contribution in [2.24, 2.45) is 5.92 Å². The van der Waals surface area contributed by atoms with Crippen LogP contribution in [0.2, 0.25) is 0 Å². The highest BCUT2D eigenvalue weighted by Crippen LogP contribution is 2.40. The zero-order valence-corrected chi connectivity index (χ0v) is 22.8. The molecular formula is C27H33N5O2S2. The Balaban J connectivity index is 1.40. The van der Waals surface area contributed by atoms with Gasteiger partial charge in [0.05, 0.1) is 17.9 Å². The Morgan fingerprint density at radius 1 is 1.28 bits per heavy atom. The summed E-state index contributed by atoms with van der Waals surface area (Å²) in [5.41, 5.74) is 2.73. The Hall–Kier alpha value is -2.83. The number of ether oxygens (including phenoxy) is 1. The Bertz CT molecular complexity index is 1230. The van der Waals surface area contributed by atoms with Crippen molar-refractivity contribution in [2.75, 3.05) is 17.7 Å². The number of hydrogen-bond donors (Lipinski definition) is 1. The van der Waals surface area contributed by atoms with Crippen molar-refractivity contribution in [3.05, 3.63) is 40.3 Å². The van der Waals surface area contributed by atoms with Crippen molar-refractivity contribution in [3.8, 4) is 23.2 Å². The fourth-order valence-electron chi connectivity index (χ4n) is 4.43. The summed E-state index contributed by atoms with van der Waals surface area (Å²) in [7, 11) is 0. The molecule has 3 aromatic rings. The van der Waals surface area contributed by atoms with Crippen molar-refractivity contribution >= 4 is 34.0 Å². The van der Waals surface area contributed by atoms with Crippen LogP contribution in [0.1, 0.15) is 62.5 Å². The van der Waals surface area contributed by atoms with E-state index >= 15 is 0 Å². The number of fused-ring (bicyclic) bond motifs is 1. The molecule has 1 atom stereocenters. The van der Waals surface area contributed by atoms with E-state index < -0.39 is 0 Å². The van der Waals surface area contributed by atoms with E-state index in [1.54, 1.807) is 11.3 Å². The van der Waals surface area contributed by atoms with Gasteiger partial charge in [-0.05, 0) is 68.4 Å². The number of thioether (sulfide) groups is 1. The Labute approximate surface area is 221 Å².